The molecule has 47 heavy (non-hydrogen) atoms. The van der Waals surface area contributed by atoms with E-state index in [0.717, 1.165) is 24.3 Å². The zero-order valence-corrected chi connectivity index (χ0v) is 27.3. The van der Waals surface area contributed by atoms with Gasteiger partial charge in [0.25, 0.3) is 0 Å². The van der Waals surface area contributed by atoms with Crippen LogP contribution < -0.4 is 9.47 Å². The molecule has 0 radical (unpaired) electrons. The maximum atomic E-state index is 5.62. The second-order valence-corrected chi connectivity index (χ2v) is 12.9. The zero-order valence-electron chi connectivity index (χ0n) is 27.3. The molecular weight excluding hydrogens is 572 g/mol. The SMILES string of the molecule is CCC1(CC)c2ccccc2-c2cc3c(-c4ccc(OC)cc4)c4c(c(-c5ccc(OC)cc5)c3cc21)-c1cccc2cccc-4c12. The molecule has 2 aliphatic rings. The Bertz CT molecular complexity index is 2370. The van der Waals surface area contributed by atoms with Gasteiger partial charge in [-0.3, -0.25) is 0 Å². The first-order valence-corrected chi connectivity index (χ1v) is 16.7. The topological polar surface area (TPSA) is 18.5 Å². The van der Waals surface area contributed by atoms with Crippen molar-refractivity contribution in [2.24, 2.45) is 0 Å². The van der Waals surface area contributed by atoms with E-state index >= 15 is 0 Å². The van der Waals surface area contributed by atoms with Crippen molar-refractivity contribution in [3.05, 3.63) is 132 Å². The van der Waals surface area contributed by atoms with Gasteiger partial charge in [-0.05, 0) is 138 Å². The minimum absolute atomic E-state index is 0.0282. The third-order valence-electron chi connectivity index (χ3n) is 11.1. The van der Waals surface area contributed by atoms with E-state index in [9.17, 15) is 0 Å². The largest absolute Gasteiger partial charge is 0.497 e. The number of methoxy groups -OCH3 is 2. The molecular formula is C45H36O2. The van der Waals surface area contributed by atoms with Gasteiger partial charge in [0, 0.05) is 5.41 Å². The van der Waals surface area contributed by atoms with Crippen LogP contribution in [0.25, 0.3) is 77.2 Å². The quantitative estimate of drug-likeness (QED) is 0.187. The molecule has 7 aromatic rings. The van der Waals surface area contributed by atoms with Crippen molar-refractivity contribution < 1.29 is 9.47 Å². The summed E-state index contributed by atoms with van der Waals surface area (Å²) in [5.41, 5.74) is 15.8. The van der Waals surface area contributed by atoms with E-state index in [4.69, 9.17) is 9.47 Å². The number of ether oxygens (including phenoxy) is 2. The summed E-state index contributed by atoms with van der Waals surface area (Å²) in [6.07, 6.45) is 2.11. The van der Waals surface area contributed by atoms with Gasteiger partial charge in [0.2, 0.25) is 0 Å². The molecule has 2 nitrogen and oxygen atoms in total. The average molecular weight is 609 g/mol. The van der Waals surface area contributed by atoms with Gasteiger partial charge in [-0.15, -0.1) is 0 Å². The number of fused-ring (bicyclic) bond motifs is 7. The molecule has 9 rings (SSSR count). The van der Waals surface area contributed by atoms with E-state index < -0.39 is 0 Å². The normalized spacial score (nSPS) is 13.4. The minimum atomic E-state index is -0.0282. The Morgan fingerprint density at radius 2 is 0.979 bits per heavy atom. The lowest BCUT2D eigenvalue weighted by atomic mass is 9.73. The summed E-state index contributed by atoms with van der Waals surface area (Å²) in [4.78, 5) is 0. The molecule has 0 saturated heterocycles. The summed E-state index contributed by atoms with van der Waals surface area (Å²) >= 11 is 0. The van der Waals surface area contributed by atoms with Crippen LogP contribution in [-0.4, -0.2) is 14.2 Å². The van der Waals surface area contributed by atoms with Crippen molar-refractivity contribution in [2.45, 2.75) is 32.1 Å². The molecule has 0 atom stereocenters. The van der Waals surface area contributed by atoms with Crippen molar-refractivity contribution in [1.82, 2.24) is 0 Å². The molecule has 0 fully saturated rings. The van der Waals surface area contributed by atoms with Crippen LogP contribution in [0.1, 0.15) is 37.8 Å². The van der Waals surface area contributed by atoms with Crippen LogP contribution in [0.2, 0.25) is 0 Å². The smallest absolute Gasteiger partial charge is 0.118 e. The predicted octanol–water partition coefficient (Wildman–Crippen LogP) is 12.1. The predicted molar refractivity (Wildman–Crippen MR) is 197 cm³/mol. The van der Waals surface area contributed by atoms with Crippen molar-refractivity contribution in [3.63, 3.8) is 0 Å². The highest BCUT2D eigenvalue weighted by Crippen LogP contribution is 2.60. The summed E-state index contributed by atoms with van der Waals surface area (Å²) < 4.78 is 11.2. The highest BCUT2D eigenvalue weighted by Gasteiger charge is 2.41. The highest BCUT2D eigenvalue weighted by molar-refractivity contribution is 6.28. The first kappa shape index (κ1) is 27.9. The Labute approximate surface area is 276 Å². The summed E-state index contributed by atoms with van der Waals surface area (Å²) in [6.45, 7) is 4.71. The average Bonchev–Trinajstić information content (AvgIpc) is 3.61. The van der Waals surface area contributed by atoms with Crippen LogP contribution in [0.5, 0.6) is 11.5 Å². The first-order chi connectivity index (χ1) is 23.1. The van der Waals surface area contributed by atoms with Crippen molar-refractivity contribution in [2.75, 3.05) is 14.2 Å². The zero-order chi connectivity index (χ0) is 31.9. The maximum Gasteiger partial charge on any atom is 0.118 e. The molecule has 0 spiro atoms. The van der Waals surface area contributed by atoms with Gasteiger partial charge in [-0.1, -0.05) is 98.8 Å². The lowest BCUT2D eigenvalue weighted by Gasteiger charge is -2.30. The van der Waals surface area contributed by atoms with Crippen molar-refractivity contribution in [1.29, 1.82) is 0 Å². The van der Waals surface area contributed by atoms with Crippen LogP contribution in [0.4, 0.5) is 0 Å². The van der Waals surface area contributed by atoms with Crippen LogP contribution >= 0.6 is 0 Å². The minimum Gasteiger partial charge on any atom is -0.497 e. The third-order valence-corrected chi connectivity index (χ3v) is 11.1. The lowest BCUT2D eigenvalue weighted by molar-refractivity contribution is 0.415. The van der Waals surface area contributed by atoms with Gasteiger partial charge in [-0.2, -0.15) is 0 Å². The molecule has 2 heteroatoms. The van der Waals surface area contributed by atoms with Gasteiger partial charge in [0.05, 0.1) is 14.2 Å². The van der Waals surface area contributed by atoms with Gasteiger partial charge in [0.15, 0.2) is 0 Å². The fourth-order valence-electron chi connectivity index (χ4n) is 8.86. The van der Waals surface area contributed by atoms with E-state index in [1.165, 1.54) is 88.3 Å². The van der Waals surface area contributed by atoms with Crippen molar-refractivity contribution in [3.8, 4) is 67.1 Å². The van der Waals surface area contributed by atoms with Gasteiger partial charge in [0.1, 0.15) is 11.5 Å². The number of rotatable bonds is 6. The summed E-state index contributed by atoms with van der Waals surface area (Å²) in [7, 11) is 3.47. The Hall–Kier alpha value is -5.34. The number of benzene rings is 7. The summed E-state index contributed by atoms with van der Waals surface area (Å²) in [5.74, 6) is 1.72. The number of hydrogen-bond acceptors (Lipinski definition) is 2. The molecule has 0 amide bonds. The summed E-state index contributed by atoms with van der Waals surface area (Å²) in [5, 5.41) is 5.18. The molecule has 0 bridgehead atoms. The lowest BCUT2D eigenvalue weighted by Crippen LogP contribution is -2.23. The van der Waals surface area contributed by atoms with Gasteiger partial charge in [-0.25, -0.2) is 0 Å². The Balaban J connectivity index is 1.51. The monoisotopic (exact) mass is 608 g/mol. The van der Waals surface area contributed by atoms with E-state index in [-0.39, 0.29) is 5.41 Å². The summed E-state index contributed by atoms with van der Waals surface area (Å²) in [6, 6.07) is 45.0. The van der Waals surface area contributed by atoms with Gasteiger partial charge < -0.3 is 9.47 Å². The molecule has 2 aliphatic carbocycles. The molecule has 0 saturated carbocycles. The van der Waals surface area contributed by atoms with Crippen LogP contribution in [0.15, 0.2) is 121 Å². The molecule has 0 aliphatic heterocycles. The Kier molecular flexibility index (Phi) is 6.14. The fourth-order valence-corrected chi connectivity index (χ4v) is 8.86. The molecule has 0 aromatic heterocycles. The van der Waals surface area contributed by atoms with Crippen LogP contribution in [0, 0.1) is 0 Å². The second-order valence-electron chi connectivity index (χ2n) is 12.9. The van der Waals surface area contributed by atoms with E-state index in [2.05, 4.69) is 135 Å². The molecule has 228 valence electrons. The second kappa shape index (κ2) is 10.3. The molecule has 0 heterocycles. The highest BCUT2D eigenvalue weighted by atomic mass is 16.5. The van der Waals surface area contributed by atoms with Crippen LogP contribution in [-0.2, 0) is 5.41 Å². The Morgan fingerprint density at radius 1 is 0.468 bits per heavy atom. The molecule has 7 aromatic carbocycles. The maximum absolute atomic E-state index is 5.62. The standard InChI is InChI=1S/C45H36O2/c1-5-45(6-2)38-16-8-7-13-32(38)35-25-36-37(26-39(35)45)42(29-19-23-31(47-4)24-20-29)44-34-15-10-12-27-11-9-14-33(40(27)34)43(44)41(36)28-17-21-30(46-3)22-18-28/h7-26H,5-6H2,1-4H3. The number of hydrogen-bond donors (Lipinski definition) is 0. The van der Waals surface area contributed by atoms with E-state index in [1.54, 1.807) is 14.2 Å². The Morgan fingerprint density at radius 3 is 1.51 bits per heavy atom. The first-order valence-electron chi connectivity index (χ1n) is 16.7. The van der Waals surface area contributed by atoms with Crippen LogP contribution in [0.3, 0.4) is 0 Å². The van der Waals surface area contributed by atoms with Gasteiger partial charge >= 0.3 is 0 Å². The van der Waals surface area contributed by atoms with E-state index in [0.29, 0.717) is 0 Å². The van der Waals surface area contributed by atoms with Crippen molar-refractivity contribution >= 4 is 21.5 Å². The fraction of sp³-hybridized carbons (Fsp3) is 0.156. The molecule has 0 unspecified atom stereocenters. The van der Waals surface area contributed by atoms with E-state index in [1.807, 2.05) is 0 Å². The molecule has 0 N–H and O–H groups in total. The third kappa shape index (κ3) is 3.73.